The van der Waals surface area contributed by atoms with E-state index in [2.05, 4.69) is 69.4 Å². The number of hydrogen-bond acceptors (Lipinski definition) is 6. The van der Waals surface area contributed by atoms with Gasteiger partial charge in [-0.3, -0.25) is 14.4 Å². The van der Waals surface area contributed by atoms with E-state index in [4.69, 9.17) is 14.2 Å². The van der Waals surface area contributed by atoms with Crippen LogP contribution in [-0.4, -0.2) is 37.2 Å². The van der Waals surface area contributed by atoms with Crippen molar-refractivity contribution in [2.24, 2.45) is 0 Å². The minimum absolute atomic E-state index is 0.0773. The molecule has 0 radical (unpaired) electrons. The molecule has 0 aliphatic rings. The highest BCUT2D eigenvalue weighted by molar-refractivity contribution is 5.71. The summed E-state index contributed by atoms with van der Waals surface area (Å²) in [5.74, 6) is -0.875. The van der Waals surface area contributed by atoms with E-state index < -0.39 is 6.10 Å². The summed E-state index contributed by atoms with van der Waals surface area (Å²) in [7, 11) is 0. The molecule has 1 unspecified atom stereocenters. The topological polar surface area (TPSA) is 78.9 Å². The Kier molecular flexibility index (Phi) is 68.6. The number of ether oxygens (including phenoxy) is 3. The van der Waals surface area contributed by atoms with Gasteiger partial charge in [-0.2, -0.15) is 0 Å². The first-order valence-electron chi connectivity index (χ1n) is 36.6. The van der Waals surface area contributed by atoms with Gasteiger partial charge in [-0.25, -0.2) is 0 Å². The van der Waals surface area contributed by atoms with Crippen molar-refractivity contribution >= 4 is 17.9 Å². The molecule has 480 valence electrons. The lowest BCUT2D eigenvalue weighted by atomic mass is 10.0. The van der Waals surface area contributed by atoms with Gasteiger partial charge >= 0.3 is 17.9 Å². The predicted octanol–water partition coefficient (Wildman–Crippen LogP) is 25.3. The van der Waals surface area contributed by atoms with Crippen LogP contribution in [0.1, 0.15) is 400 Å². The molecule has 0 aromatic carbocycles. The van der Waals surface area contributed by atoms with Gasteiger partial charge in [0.2, 0.25) is 0 Å². The van der Waals surface area contributed by atoms with Gasteiger partial charge in [-0.05, 0) is 83.5 Å². The molecule has 0 aromatic rings. The number of rotatable bonds is 68. The van der Waals surface area contributed by atoms with Gasteiger partial charge in [0.1, 0.15) is 13.2 Å². The summed E-state index contributed by atoms with van der Waals surface area (Å²) >= 11 is 0. The average Bonchev–Trinajstić information content (AvgIpc) is 3.47. The standard InChI is InChI=1S/C76H140O6/c1-4-7-10-13-16-19-22-25-28-30-31-32-33-34-35-36-37-38-39-40-41-42-43-44-46-48-51-54-57-60-63-66-69-75(78)81-72-73(71-80-74(77)68-65-62-59-56-53-50-47-27-24-21-18-15-12-9-6-3)82-76(79)70-67-64-61-58-55-52-49-45-29-26-23-20-17-14-11-8-5-2/h17-18,20-21,26-27,29,47,73H,4-16,19,22-25,28,30-46,48-72H2,1-3H3/b20-17-,21-18-,29-26-,47-27-. The van der Waals surface area contributed by atoms with Crippen LogP contribution in [-0.2, 0) is 28.6 Å². The third-order valence-corrected chi connectivity index (χ3v) is 16.6. The Hall–Kier alpha value is -2.63. The van der Waals surface area contributed by atoms with Gasteiger partial charge in [-0.15, -0.1) is 0 Å². The molecule has 0 saturated heterocycles. The summed E-state index contributed by atoms with van der Waals surface area (Å²) in [5.41, 5.74) is 0. The smallest absolute Gasteiger partial charge is 0.306 e. The van der Waals surface area contributed by atoms with Gasteiger partial charge in [0, 0.05) is 19.3 Å². The fraction of sp³-hybridized carbons (Fsp3) is 0.855. The minimum Gasteiger partial charge on any atom is -0.462 e. The molecule has 82 heavy (non-hydrogen) atoms. The lowest BCUT2D eigenvalue weighted by Gasteiger charge is -2.18. The van der Waals surface area contributed by atoms with Gasteiger partial charge in [0.05, 0.1) is 0 Å². The zero-order valence-corrected chi connectivity index (χ0v) is 55.3. The van der Waals surface area contributed by atoms with Crippen LogP contribution in [0.5, 0.6) is 0 Å². The molecular formula is C76H140O6. The van der Waals surface area contributed by atoms with Crippen LogP contribution in [0.25, 0.3) is 0 Å². The van der Waals surface area contributed by atoms with Crippen molar-refractivity contribution in [1.29, 1.82) is 0 Å². The fourth-order valence-electron chi connectivity index (χ4n) is 11.0. The highest BCUT2D eigenvalue weighted by atomic mass is 16.6. The van der Waals surface area contributed by atoms with Crippen LogP contribution >= 0.6 is 0 Å². The third-order valence-electron chi connectivity index (χ3n) is 16.6. The zero-order chi connectivity index (χ0) is 59.2. The maximum atomic E-state index is 12.9. The summed E-state index contributed by atoms with van der Waals surface area (Å²) in [6, 6.07) is 0. The molecule has 6 heteroatoms. The van der Waals surface area contributed by atoms with Crippen LogP contribution < -0.4 is 0 Å². The molecule has 0 aliphatic heterocycles. The molecule has 0 bridgehead atoms. The van der Waals surface area contributed by atoms with Crippen LogP contribution in [0.4, 0.5) is 0 Å². The fourth-order valence-corrected chi connectivity index (χ4v) is 11.0. The third kappa shape index (κ3) is 68.2. The van der Waals surface area contributed by atoms with Crippen LogP contribution in [0.2, 0.25) is 0 Å². The van der Waals surface area contributed by atoms with Gasteiger partial charge in [0.15, 0.2) is 6.10 Å². The molecule has 1 atom stereocenters. The van der Waals surface area contributed by atoms with Crippen molar-refractivity contribution in [3.05, 3.63) is 48.6 Å². The van der Waals surface area contributed by atoms with E-state index in [1.807, 2.05) is 0 Å². The van der Waals surface area contributed by atoms with Crippen molar-refractivity contribution in [3.63, 3.8) is 0 Å². The lowest BCUT2D eigenvalue weighted by Crippen LogP contribution is -2.30. The number of carbonyl (C=O) groups excluding carboxylic acids is 3. The average molecular weight is 1150 g/mol. The first-order chi connectivity index (χ1) is 40.5. The Labute approximate surface area is 511 Å². The van der Waals surface area contributed by atoms with Gasteiger partial charge in [-0.1, -0.05) is 345 Å². The SMILES string of the molecule is CCCCC/C=C\C/C=C\CCCCCCCCCC(=O)OC(COC(=O)CCCCCCC/C=C\C/C=C\CCCCC)COC(=O)CCCCCCCCCCCCCCCCCCCCCCCCCCCCCCCCCC. The molecule has 6 nitrogen and oxygen atoms in total. The summed E-state index contributed by atoms with van der Waals surface area (Å²) in [6.07, 6.45) is 90.2. The Bertz CT molecular complexity index is 1410. The molecule has 0 saturated carbocycles. The summed E-state index contributed by atoms with van der Waals surface area (Å²) in [5, 5.41) is 0. The van der Waals surface area contributed by atoms with Gasteiger partial charge in [0.25, 0.3) is 0 Å². The molecular weight excluding hydrogens is 1010 g/mol. The second-order valence-electron chi connectivity index (χ2n) is 24.9. The number of carbonyl (C=O) groups is 3. The van der Waals surface area contributed by atoms with E-state index in [0.29, 0.717) is 19.3 Å². The normalized spacial score (nSPS) is 12.3. The van der Waals surface area contributed by atoms with E-state index >= 15 is 0 Å². The van der Waals surface area contributed by atoms with E-state index in [1.54, 1.807) is 0 Å². The molecule has 0 rings (SSSR count). The Morgan fingerprint density at radius 2 is 0.439 bits per heavy atom. The number of unbranched alkanes of at least 4 members (excludes halogenated alkanes) is 49. The quantitative estimate of drug-likeness (QED) is 0.0261. The maximum Gasteiger partial charge on any atom is 0.306 e. The number of hydrogen-bond donors (Lipinski definition) is 0. The molecule has 0 spiro atoms. The Balaban J connectivity index is 4.16. The largest absolute Gasteiger partial charge is 0.462 e. The molecule has 0 aromatic heterocycles. The molecule has 0 fully saturated rings. The van der Waals surface area contributed by atoms with Crippen molar-refractivity contribution in [1.82, 2.24) is 0 Å². The van der Waals surface area contributed by atoms with Crippen LogP contribution in [0, 0.1) is 0 Å². The first kappa shape index (κ1) is 79.4. The number of allylic oxidation sites excluding steroid dienone is 8. The molecule has 0 amide bonds. The zero-order valence-electron chi connectivity index (χ0n) is 55.3. The molecule has 0 aliphatic carbocycles. The molecule has 0 heterocycles. The molecule has 0 N–H and O–H groups in total. The van der Waals surface area contributed by atoms with E-state index in [1.165, 1.54) is 270 Å². The summed E-state index contributed by atoms with van der Waals surface area (Å²) < 4.78 is 17.0. The van der Waals surface area contributed by atoms with E-state index in [-0.39, 0.29) is 31.1 Å². The minimum atomic E-state index is -0.783. The predicted molar refractivity (Wildman–Crippen MR) is 358 cm³/mol. The Morgan fingerprint density at radius 3 is 0.695 bits per heavy atom. The van der Waals surface area contributed by atoms with Crippen molar-refractivity contribution < 1.29 is 28.6 Å². The summed E-state index contributed by atoms with van der Waals surface area (Å²) in [6.45, 7) is 6.64. The van der Waals surface area contributed by atoms with Gasteiger partial charge < -0.3 is 14.2 Å². The van der Waals surface area contributed by atoms with E-state index in [0.717, 1.165) is 89.9 Å². The lowest BCUT2D eigenvalue weighted by molar-refractivity contribution is -0.167. The Morgan fingerprint density at radius 1 is 0.244 bits per heavy atom. The number of esters is 3. The monoisotopic (exact) mass is 1150 g/mol. The van der Waals surface area contributed by atoms with Crippen molar-refractivity contribution in [2.75, 3.05) is 13.2 Å². The van der Waals surface area contributed by atoms with E-state index in [9.17, 15) is 14.4 Å². The van der Waals surface area contributed by atoms with Crippen LogP contribution in [0.3, 0.4) is 0 Å². The first-order valence-corrected chi connectivity index (χ1v) is 36.6. The van der Waals surface area contributed by atoms with Crippen molar-refractivity contribution in [2.45, 2.75) is 406 Å². The summed E-state index contributed by atoms with van der Waals surface area (Å²) in [4.78, 5) is 38.4. The highest BCUT2D eigenvalue weighted by Gasteiger charge is 2.19. The second kappa shape index (κ2) is 70.9. The van der Waals surface area contributed by atoms with Crippen LogP contribution in [0.15, 0.2) is 48.6 Å². The van der Waals surface area contributed by atoms with Crippen molar-refractivity contribution in [3.8, 4) is 0 Å². The maximum absolute atomic E-state index is 12.9. The second-order valence-corrected chi connectivity index (χ2v) is 24.9. The highest BCUT2D eigenvalue weighted by Crippen LogP contribution is 2.19.